The van der Waals surface area contributed by atoms with E-state index in [0.717, 1.165) is 6.42 Å². The van der Waals surface area contributed by atoms with Crippen LogP contribution in [0.3, 0.4) is 0 Å². The molecule has 0 aromatic carbocycles. The van der Waals surface area contributed by atoms with E-state index in [1.807, 2.05) is 6.92 Å². The molecule has 0 aliphatic heterocycles. The molecule has 0 spiro atoms. The van der Waals surface area contributed by atoms with Gasteiger partial charge >= 0.3 is 11.9 Å². The fourth-order valence-corrected chi connectivity index (χ4v) is 0.609. The lowest BCUT2D eigenvalue weighted by molar-refractivity contribution is -0.139. The lowest BCUT2D eigenvalue weighted by atomic mass is 10.2. The van der Waals surface area contributed by atoms with E-state index in [-0.39, 0.29) is 0 Å². The van der Waals surface area contributed by atoms with Gasteiger partial charge in [-0.05, 0) is 12.8 Å². The quantitative estimate of drug-likeness (QED) is 0.516. The van der Waals surface area contributed by atoms with Crippen molar-refractivity contribution in [3.8, 4) is 0 Å². The molecule has 6 heteroatoms. The van der Waals surface area contributed by atoms with Crippen LogP contribution in [0.15, 0.2) is 0 Å². The Morgan fingerprint density at radius 2 is 1.47 bits per heavy atom. The summed E-state index contributed by atoms with van der Waals surface area (Å²) in [4.78, 5) is 19.8. The summed E-state index contributed by atoms with van der Waals surface area (Å²) in [6, 6.07) is -1.35. The Bertz CT molecular complexity index is 197. The van der Waals surface area contributed by atoms with Crippen LogP contribution < -0.4 is 11.5 Å². The first-order chi connectivity index (χ1) is 6.86. The molecule has 0 bridgehead atoms. The van der Waals surface area contributed by atoms with Gasteiger partial charge in [-0.25, -0.2) is 0 Å². The first kappa shape index (κ1) is 16.3. The molecule has 0 amide bonds. The summed E-state index contributed by atoms with van der Waals surface area (Å²) in [5.74, 6) is -1.84. The van der Waals surface area contributed by atoms with Crippen molar-refractivity contribution in [1.29, 1.82) is 0 Å². The summed E-state index contributed by atoms with van der Waals surface area (Å²) >= 11 is 0. The molecule has 0 aromatic rings. The van der Waals surface area contributed by atoms with Gasteiger partial charge in [-0.15, -0.1) is 0 Å². The van der Waals surface area contributed by atoms with Crippen molar-refractivity contribution in [2.45, 2.75) is 45.2 Å². The van der Waals surface area contributed by atoms with E-state index < -0.39 is 24.0 Å². The zero-order chi connectivity index (χ0) is 12.4. The van der Waals surface area contributed by atoms with E-state index in [1.165, 1.54) is 0 Å². The summed E-state index contributed by atoms with van der Waals surface area (Å²) < 4.78 is 0. The van der Waals surface area contributed by atoms with Crippen LogP contribution in [0.25, 0.3) is 0 Å². The Labute approximate surface area is 89.3 Å². The van der Waals surface area contributed by atoms with Gasteiger partial charge < -0.3 is 21.7 Å². The molecule has 0 aliphatic carbocycles. The Morgan fingerprint density at radius 3 is 1.53 bits per heavy atom. The van der Waals surface area contributed by atoms with Crippen molar-refractivity contribution in [3.63, 3.8) is 0 Å². The molecule has 0 heterocycles. The minimum atomic E-state index is -0.928. The highest BCUT2D eigenvalue weighted by Crippen LogP contribution is 1.91. The van der Waals surface area contributed by atoms with Crippen LogP contribution in [-0.4, -0.2) is 34.2 Å². The van der Waals surface area contributed by atoms with Crippen molar-refractivity contribution in [3.05, 3.63) is 0 Å². The summed E-state index contributed by atoms with van der Waals surface area (Å²) in [7, 11) is 0. The van der Waals surface area contributed by atoms with Crippen LogP contribution in [0.1, 0.15) is 33.1 Å². The molecule has 0 fully saturated rings. The number of hydrogen-bond donors (Lipinski definition) is 4. The number of carboxylic acids is 2. The maximum absolute atomic E-state index is 9.96. The van der Waals surface area contributed by atoms with Gasteiger partial charge in [0.15, 0.2) is 0 Å². The zero-order valence-corrected chi connectivity index (χ0v) is 9.14. The molecular formula is C9H20N2O4. The summed E-state index contributed by atoms with van der Waals surface area (Å²) in [6.07, 6.45) is 1.89. The number of rotatable bonds is 5. The zero-order valence-electron chi connectivity index (χ0n) is 9.14. The Hall–Kier alpha value is -1.14. The molecule has 0 aliphatic rings. The highest BCUT2D eigenvalue weighted by Gasteiger charge is 2.07. The Morgan fingerprint density at radius 1 is 1.07 bits per heavy atom. The van der Waals surface area contributed by atoms with Gasteiger partial charge in [0, 0.05) is 0 Å². The topological polar surface area (TPSA) is 127 Å². The molecule has 0 aromatic heterocycles. The van der Waals surface area contributed by atoms with E-state index in [0.29, 0.717) is 12.8 Å². The summed E-state index contributed by atoms with van der Waals surface area (Å²) in [5.41, 5.74) is 10.1. The van der Waals surface area contributed by atoms with Gasteiger partial charge in [0.05, 0.1) is 0 Å². The predicted octanol–water partition coefficient (Wildman–Crippen LogP) is 0.00670. The van der Waals surface area contributed by atoms with Gasteiger partial charge in [-0.1, -0.05) is 20.3 Å². The van der Waals surface area contributed by atoms with Crippen LogP contribution in [-0.2, 0) is 9.59 Å². The SMILES string of the molecule is CCC[C@H](N)C(=O)O.CC[C@H](N)C(=O)O. The van der Waals surface area contributed by atoms with Crippen LogP contribution in [0, 0.1) is 0 Å². The fraction of sp³-hybridized carbons (Fsp3) is 0.778. The third-order valence-corrected chi connectivity index (χ3v) is 1.67. The maximum Gasteiger partial charge on any atom is 0.320 e. The van der Waals surface area contributed by atoms with Crippen LogP contribution in [0.4, 0.5) is 0 Å². The van der Waals surface area contributed by atoms with Crippen molar-refractivity contribution in [2.75, 3.05) is 0 Å². The smallest absolute Gasteiger partial charge is 0.320 e. The summed E-state index contributed by atoms with van der Waals surface area (Å²) in [5, 5.41) is 16.2. The number of hydrogen-bond acceptors (Lipinski definition) is 4. The maximum atomic E-state index is 9.96. The van der Waals surface area contributed by atoms with E-state index in [2.05, 4.69) is 0 Å². The normalized spacial score (nSPS) is 13.3. The van der Waals surface area contributed by atoms with Crippen LogP contribution in [0.5, 0.6) is 0 Å². The molecule has 15 heavy (non-hydrogen) atoms. The minimum absolute atomic E-state index is 0.495. The predicted molar refractivity (Wildman–Crippen MR) is 56.4 cm³/mol. The molecule has 0 radical (unpaired) electrons. The molecule has 6 nitrogen and oxygen atoms in total. The van der Waals surface area contributed by atoms with Crippen LogP contribution >= 0.6 is 0 Å². The number of carboxylic acid groups (broad SMARTS) is 2. The van der Waals surface area contributed by atoms with Crippen molar-refractivity contribution < 1.29 is 19.8 Å². The van der Waals surface area contributed by atoms with Crippen molar-refractivity contribution in [2.24, 2.45) is 11.5 Å². The van der Waals surface area contributed by atoms with Gasteiger partial charge in [-0.2, -0.15) is 0 Å². The third kappa shape index (κ3) is 10.8. The molecule has 0 unspecified atom stereocenters. The average Bonchev–Trinajstić information content (AvgIpc) is 2.17. The second-order valence-corrected chi connectivity index (χ2v) is 3.09. The van der Waals surface area contributed by atoms with Gasteiger partial charge in [-0.3, -0.25) is 9.59 Å². The van der Waals surface area contributed by atoms with E-state index >= 15 is 0 Å². The van der Waals surface area contributed by atoms with E-state index in [9.17, 15) is 9.59 Å². The second-order valence-electron chi connectivity index (χ2n) is 3.09. The van der Waals surface area contributed by atoms with Gasteiger partial charge in [0.2, 0.25) is 0 Å². The number of nitrogens with two attached hydrogens (primary N) is 2. The number of aliphatic carboxylic acids is 2. The fourth-order valence-electron chi connectivity index (χ4n) is 0.609. The van der Waals surface area contributed by atoms with Crippen molar-refractivity contribution >= 4 is 11.9 Å². The monoisotopic (exact) mass is 220 g/mol. The molecule has 6 N–H and O–H groups in total. The highest BCUT2D eigenvalue weighted by molar-refractivity contribution is 5.73. The van der Waals surface area contributed by atoms with Gasteiger partial charge in [0.25, 0.3) is 0 Å². The molecule has 2 atom stereocenters. The summed E-state index contributed by atoms with van der Waals surface area (Å²) in [6.45, 7) is 3.64. The van der Waals surface area contributed by atoms with E-state index in [4.69, 9.17) is 21.7 Å². The van der Waals surface area contributed by atoms with E-state index in [1.54, 1.807) is 6.92 Å². The largest absolute Gasteiger partial charge is 0.480 e. The molecule has 0 saturated carbocycles. The Kier molecular flexibility index (Phi) is 10.2. The molecule has 0 rings (SSSR count). The van der Waals surface area contributed by atoms with Crippen LogP contribution in [0.2, 0.25) is 0 Å². The first-order valence-corrected chi connectivity index (χ1v) is 4.83. The average molecular weight is 220 g/mol. The molecule has 90 valence electrons. The second kappa shape index (κ2) is 9.42. The van der Waals surface area contributed by atoms with Crippen molar-refractivity contribution in [1.82, 2.24) is 0 Å². The standard InChI is InChI=1S/C5H11NO2.C4H9NO2/c1-2-3-4(6)5(7)8;1-2-3(5)4(6)7/h4H,2-3,6H2,1H3,(H,7,8);3H,2,5H2,1H3,(H,6,7)/t4-;3-/m00/s1. The van der Waals surface area contributed by atoms with Gasteiger partial charge in [0.1, 0.15) is 12.1 Å². The minimum Gasteiger partial charge on any atom is -0.480 e. The number of carbonyl (C=O) groups is 2. The highest BCUT2D eigenvalue weighted by atomic mass is 16.4. The molecule has 0 saturated heterocycles. The molecular weight excluding hydrogens is 200 g/mol. The third-order valence-electron chi connectivity index (χ3n) is 1.67. The lowest BCUT2D eigenvalue weighted by Gasteiger charge is -2.00. The first-order valence-electron chi connectivity index (χ1n) is 4.83. The Balaban J connectivity index is 0. The lowest BCUT2D eigenvalue weighted by Crippen LogP contribution is -2.29.